The van der Waals surface area contributed by atoms with Crippen molar-refractivity contribution in [2.24, 2.45) is 11.1 Å². The number of rotatable bonds is 3. The van der Waals surface area contributed by atoms with E-state index in [1.54, 1.807) is 0 Å². The van der Waals surface area contributed by atoms with Crippen LogP contribution in [0, 0.1) is 5.41 Å². The molecule has 2 heteroatoms. The van der Waals surface area contributed by atoms with Gasteiger partial charge in [-0.3, -0.25) is 0 Å². The highest BCUT2D eigenvalue weighted by molar-refractivity contribution is 5.38. The van der Waals surface area contributed by atoms with Crippen LogP contribution in [0.5, 0.6) is 5.75 Å². The Bertz CT molecular complexity index is 359. The van der Waals surface area contributed by atoms with Gasteiger partial charge in [-0.2, -0.15) is 0 Å². The average molecular weight is 205 g/mol. The van der Waals surface area contributed by atoms with Gasteiger partial charge in [-0.1, -0.05) is 26.0 Å². The van der Waals surface area contributed by atoms with Crippen molar-refractivity contribution in [3.63, 3.8) is 0 Å². The molecule has 0 aliphatic heterocycles. The van der Waals surface area contributed by atoms with Crippen LogP contribution in [0.3, 0.4) is 0 Å². The van der Waals surface area contributed by atoms with E-state index in [0.717, 1.165) is 5.75 Å². The van der Waals surface area contributed by atoms with E-state index in [0.29, 0.717) is 12.5 Å². The molecule has 2 nitrogen and oxygen atoms in total. The second-order valence-corrected chi connectivity index (χ2v) is 4.83. The Morgan fingerprint density at radius 3 is 2.60 bits per heavy atom. The molecule has 0 radical (unpaired) electrons. The SMILES string of the molecule is CCOc1cccc([C@@H]2[C@@H](N)C2(C)C)c1. The van der Waals surface area contributed by atoms with Gasteiger partial charge in [0.1, 0.15) is 5.75 Å². The highest BCUT2D eigenvalue weighted by atomic mass is 16.5. The molecule has 0 spiro atoms. The van der Waals surface area contributed by atoms with Crippen molar-refractivity contribution < 1.29 is 4.74 Å². The van der Waals surface area contributed by atoms with E-state index < -0.39 is 0 Å². The van der Waals surface area contributed by atoms with Crippen molar-refractivity contribution in [1.82, 2.24) is 0 Å². The lowest BCUT2D eigenvalue weighted by Gasteiger charge is -2.06. The van der Waals surface area contributed by atoms with Crippen LogP contribution in [-0.4, -0.2) is 12.6 Å². The summed E-state index contributed by atoms with van der Waals surface area (Å²) in [5.41, 5.74) is 7.60. The molecule has 1 aromatic rings. The van der Waals surface area contributed by atoms with Crippen LogP contribution < -0.4 is 10.5 Å². The van der Waals surface area contributed by atoms with Crippen LogP contribution in [-0.2, 0) is 0 Å². The highest BCUT2D eigenvalue weighted by Gasteiger charge is 2.56. The summed E-state index contributed by atoms with van der Waals surface area (Å²) >= 11 is 0. The van der Waals surface area contributed by atoms with Crippen LogP contribution in [0.4, 0.5) is 0 Å². The lowest BCUT2D eigenvalue weighted by Crippen LogP contribution is -2.06. The normalized spacial score (nSPS) is 27.5. The van der Waals surface area contributed by atoms with Crippen LogP contribution in [0.25, 0.3) is 0 Å². The predicted molar refractivity (Wildman–Crippen MR) is 62.1 cm³/mol. The molecule has 15 heavy (non-hydrogen) atoms. The lowest BCUT2D eigenvalue weighted by molar-refractivity contribution is 0.340. The molecule has 2 rings (SSSR count). The zero-order chi connectivity index (χ0) is 11.1. The third-order valence-corrected chi connectivity index (χ3v) is 3.44. The van der Waals surface area contributed by atoms with Crippen molar-refractivity contribution in [2.45, 2.75) is 32.7 Å². The zero-order valence-corrected chi connectivity index (χ0v) is 9.66. The van der Waals surface area contributed by atoms with Crippen LogP contribution in [0.2, 0.25) is 0 Å². The van der Waals surface area contributed by atoms with Gasteiger partial charge in [-0.15, -0.1) is 0 Å². The smallest absolute Gasteiger partial charge is 0.119 e. The van der Waals surface area contributed by atoms with Crippen molar-refractivity contribution in [3.05, 3.63) is 29.8 Å². The van der Waals surface area contributed by atoms with Gasteiger partial charge in [-0.25, -0.2) is 0 Å². The fraction of sp³-hybridized carbons (Fsp3) is 0.538. The summed E-state index contributed by atoms with van der Waals surface area (Å²) in [6, 6.07) is 8.58. The molecule has 82 valence electrons. The minimum Gasteiger partial charge on any atom is -0.494 e. The summed E-state index contributed by atoms with van der Waals surface area (Å²) in [4.78, 5) is 0. The molecule has 1 saturated carbocycles. The standard InChI is InChI=1S/C13H19NO/c1-4-15-10-7-5-6-9(8-10)11-12(14)13(11,2)3/h5-8,11-12H,4,14H2,1-3H3/t11-,12-/m1/s1. The van der Waals surface area contributed by atoms with Crippen molar-refractivity contribution in [3.8, 4) is 5.75 Å². The minimum absolute atomic E-state index is 0.241. The van der Waals surface area contributed by atoms with Crippen LogP contribution in [0.1, 0.15) is 32.3 Å². The fourth-order valence-electron chi connectivity index (χ4n) is 2.28. The van der Waals surface area contributed by atoms with E-state index >= 15 is 0 Å². The maximum atomic E-state index is 6.06. The molecule has 0 saturated heterocycles. The summed E-state index contributed by atoms with van der Waals surface area (Å²) in [5.74, 6) is 1.43. The van der Waals surface area contributed by atoms with Gasteiger partial charge >= 0.3 is 0 Å². The third-order valence-electron chi connectivity index (χ3n) is 3.44. The van der Waals surface area contributed by atoms with E-state index in [9.17, 15) is 0 Å². The molecule has 2 N–H and O–H groups in total. The molecule has 0 amide bonds. The molecule has 2 atom stereocenters. The fourth-order valence-corrected chi connectivity index (χ4v) is 2.28. The average Bonchev–Trinajstić information content (AvgIpc) is 2.67. The summed E-state index contributed by atoms with van der Waals surface area (Å²) < 4.78 is 5.49. The summed E-state index contributed by atoms with van der Waals surface area (Å²) in [5, 5.41) is 0. The molecule has 1 aliphatic carbocycles. The molecule has 0 unspecified atom stereocenters. The molecule has 0 bridgehead atoms. The quantitative estimate of drug-likeness (QED) is 0.823. The van der Waals surface area contributed by atoms with E-state index in [2.05, 4.69) is 26.0 Å². The predicted octanol–water partition coefficient (Wildman–Crippen LogP) is 2.54. The van der Waals surface area contributed by atoms with Crippen LogP contribution >= 0.6 is 0 Å². The largest absolute Gasteiger partial charge is 0.494 e. The Morgan fingerprint density at radius 1 is 1.40 bits per heavy atom. The lowest BCUT2D eigenvalue weighted by atomic mass is 10.0. The molecule has 1 aromatic carbocycles. The van der Waals surface area contributed by atoms with Gasteiger partial charge in [0.2, 0.25) is 0 Å². The first kappa shape index (κ1) is 10.5. The summed E-state index contributed by atoms with van der Waals surface area (Å²) in [6.45, 7) is 7.15. The minimum atomic E-state index is 0.241. The van der Waals surface area contributed by atoms with Crippen LogP contribution in [0.15, 0.2) is 24.3 Å². The monoisotopic (exact) mass is 205 g/mol. The van der Waals surface area contributed by atoms with Gasteiger partial charge in [0.15, 0.2) is 0 Å². The Kier molecular flexibility index (Phi) is 2.47. The number of nitrogens with two attached hydrogens (primary N) is 1. The topological polar surface area (TPSA) is 35.2 Å². The number of hydrogen-bond acceptors (Lipinski definition) is 2. The highest BCUT2D eigenvalue weighted by Crippen LogP contribution is 2.57. The van der Waals surface area contributed by atoms with Crippen molar-refractivity contribution in [1.29, 1.82) is 0 Å². The first-order valence-corrected chi connectivity index (χ1v) is 5.55. The number of hydrogen-bond donors (Lipinski definition) is 1. The summed E-state index contributed by atoms with van der Waals surface area (Å²) in [7, 11) is 0. The second kappa shape index (κ2) is 3.53. The van der Waals surface area contributed by atoms with E-state index in [1.165, 1.54) is 5.56 Å². The molecule has 0 aromatic heterocycles. The zero-order valence-electron chi connectivity index (χ0n) is 9.66. The Hall–Kier alpha value is -1.02. The van der Waals surface area contributed by atoms with E-state index in [-0.39, 0.29) is 11.5 Å². The molecule has 1 aliphatic rings. The number of ether oxygens (including phenoxy) is 1. The van der Waals surface area contributed by atoms with Gasteiger partial charge in [0.05, 0.1) is 6.61 Å². The Morgan fingerprint density at radius 2 is 2.07 bits per heavy atom. The Labute approximate surface area is 91.4 Å². The van der Waals surface area contributed by atoms with Gasteiger partial charge in [-0.05, 0) is 30.0 Å². The second-order valence-electron chi connectivity index (χ2n) is 4.83. The van der Waals surface area contributed by atoms with Gasteiger partial charge in [0, 0.05) is 12.0 Å². The maximum Gasteiger partial charge on any atom is 0.119 e. The Balaban J connectivity index is 2.20. The summed E-state index contributed by atoms with van der Waals surface area (Å²) in [6.07, 6.45) is 0. The molecule has 1 fully saturated rings. The first-order valence-electron chi connectivity index (χ1n) is 5.55. The maximum absolute atomic E-state index is 6.06. The molecular weight excluding hydrogens is 186 g/mol. The first-order chi connectivity index (χ1) is 7.07. The van der Waals surface area contributed by atoms with Gasteiger partial charge < -0.3 is 10.5 Å². The van der Waals surface area contributed by atoms with Crippen molar-refractivity contribution >= 4 is 0 Å². The van der Waals surface area contributed by atoms with Gasteiger partial charge in [0.25, 0.3) is 0 Å². The van der Waals surface area contributed by atoms with E-state index in [1.807, 2.05) is 19.1 Å². The number of benzene rings is 1. The van der Waals surface area contributed by atoms with E-state index in [4.69, 9.17) is 10.5 Å². The van der Waals surface area contributed by atoms with Crippen molar-refractivity contribution in [2.75, 3.05) is 6.61 Å². The molecular formula is C13H19NO. The third kappa shape index (κ3) is 1.74. The molecule has 0 heterocycles.